The van der Waals surface area contributed by atoms with Crippen LogP contribution in [0.1, 0.15) is 95.4 Å². The molecule has 0 bridgehead atoms. The van der Waals surface area contributed by atoms with E-state index in [1.165, 1.54) is 60.8 Å². The number of unbranched alkanes of at least 4 members (excludes halogenated alkanes) is 5. The van der Waals surface area contributed by atoms with Crippen molar-refractivity contribution in [1.29, 1.82) is 0 Å². The van der Waals surface area contributed by atoms with E-state index >= 15 is 0 Å². The van der Waals surface area contributed by atoms with Gasteiger partial charge in [-0.1, -0.05) is 133 Å². The Balaban J connectivity index is 0.000000664. The lowest BCUT2D eigenvalue weighted by Crippen LogP contribution is -2.22. The van der Waals surface area contributed by atoms with Crippen molar-refractivity contribution in [3.63, 3.8) is 0 Å². The minimum absolute atomic E-state index is 1.02. The zero-order valence-corrected chi connectivity index (χ0v) is 20.4. The maximum absolute atomic E-state index is 2.48. The lowest BCUT2D eigenvalue weighted by atomic mass is 10.1. The second kappa shape index (κ2) is 18.4. The standard InChI is InChI=1S/C18H23N.C8H18.C2H6/c1-4-19(13-17-8-6-5-7-9-17)14-18-11-15(2)10-16(3)12-18;1-3-5-7-8-6-4-2;1-2/h5-12H,4,13-14H2,1-3H3;3-8H2,1-2H3;1-2H3. The van der Waals surface area contributed by atoms with Gasteiger partial charge in [0.2, 0.25) is 0 Å². The first-order chi connectivity index (χ1) is 14.1. The molecule has 0 saturated carbocycles. The molecule has 0 spiro atoms. The fourth-order valence-corrected chi connectivity index (χ4v) is 3.39. The quantitative estimate of drug-likeness (QED) is 0.362. The largest absolute Gasteiger partial charge is 0.295 e. The van der Waals surface area contributed by atoms with E-state index in [0.29, 0.717) is 0 Å². The van der Waals surface area contributed by atoms with E-state index in [1.54, 1.807) is 0 Å². The van der Waals surface area contributed by atoms with E-state index < -0.39 is 0 Å². The summed E-state index contributed by atoms with van der Waals surface area (Å²) in [5, 5.41) is 0. The zero-order chi connectivity index (χ0) is 21.9. The van der Waals surface area contributed by atoms with Crippen LogP contribution in [0.15, 0.2) is 48.5 Å². The van der Waals surface area contributed by atoms with Gasteiger partial charge in [-0.15, -0.1) is 0 Å². The predicted molar refractivity (Wildman–Crippen MR) is 133 cm³/mol. The van der Waals surface area contributed by atoms with Gasteiger partial charge in [0.25, 0.3) is 0 Å². The van der Waals surface area contributed by atoms with E-state index in [9.17, 15) is 0 Å². The van der Waals surface area contributed by atoms with Crippen molar-refractivity contribution in [2.24, 2.45) is 0 Å². The maximum atomic E-state index is 2.48. The molecule has 0 aliphatic carbocycles. The predicted octanol–water partition coefficient (Wildman–Crippen LogP) is 8.72. The second-order valence-corrected chi connectivity index (χ2v) is 7.70. The molecule has 2 aromatic rings. The zero-order valence-electron chi connectivity index (χ0n) is 20.4. The average Bonchev–Trinajstić information content (AvgIpc) is 2.73. The molecule has 0 unspecified atom stereocenters. The molecule has 0 amide bonds. The Hall–Kier alpha value is -1.60. The Kier molecular flexibility index (Phi) is 17.4. The van der Waals surface area contributed by atoms with Crippen LogP contribution in [0, 0.1) is 13.8 Å². The van der Waals surface area contributed by atoms with Crippen molar-refractivity contribution in [3.05, 3.63) is 70.8 Å². The normalized spacial score (nSPS) is 10.1. The molecule has 1 heteroatoms. The van der Waals surface area contributed by atoms with E-state index in [4.69, 9.17) is 0 Å². The average molecular weight is 398 g/mol. The van der Waals surface area contributed by atoms with Crippen LogP contribution in [0.3, 0.4) is 0 Å². The summed E-state index contributed by atoms with van der Waals surface area (Å²) in [6.07, 6.45) is 8.49. The van der Waals surface area contributed by atoms with Gasteiger partial charge in [0.15, 0.2) is 0 Å². The molecule has 1 nitrogen and oxygen atoms in total. The Labute approximate surface area is 182 Å². The molecule has 2 rings (SSSR count). The van der Waals surface area contributed by atoms with Gasteiger partial charge in [0, 0.05) is 13.1 Å². The van der Waals surface area contributed by atoms with Crippen LogP contribution in [0.2, 0.25) is 0 Å². The SMILES string of the molecule is CC.CCCCCCCC.CCN(Cc1ccccc1)Cc1cc(C)cc(C)c1. The van der Waals surface area contributed by atoms with Crippen molar-refractivity contribution in [3.8, 4) is 0 Å². The molecular formula is C28H47N. The van der Waals surface area contributed by atoms with Crippen LogP contribution in [-0.2, 0) is 13.1 Å². The monoisotopic (exact) mass is 397 g/mol. The molecule has 0 radical (unpaired) electrons. The molecule has 0 aromatic heterocycles. The number of hydrogen-bond acceptors (Lipinski definition) is 1. The first-order valence-corrected chi connectivity index (χ1v) is 11.9. The van der Waals surface area contributed by atoms with Crippen molar-refractivity contribution in [2.75, 3.05) is 6.54 Å². The topological polar surface area (TPSA) is 3.24 Å². The van der Waals surface area contributed by atoms with Gasteiger partial charge in [-0.05, 0) is 31.5 Å². The molecule has 29 heavy (non-hydrogen) atoms. The fraction of sp³-hybridized carbons (Fsp3) is 0.571. The molecule has 0 aliphatic heterocycles. The second-order valence-electron chi connectivity index (χ2n) is 7.70. The number of rotatable bonds is 10. The summed E-state index contributed by atoms with van der Waals surface area (Å²) < 4.78 is 0. The number of nitrogens with zero attached hydrogens (tertiary/aromatic N) is 1. The molecule has 0 N–H and O–H groups in total. The summed E-state index contributed by atoms with van der Waals surface area (Å²) in [6.45, 7) is 18.2. The number of hydrogen-bond donors (Lipinski definition) is 0. The maximum Gasteiger partial charge on any atom is 0.0237 e. The molecule has 0 fully saturated rings. The summed E-state index contributed by atoms with van der Waals surface area (Å²) in [6, 6.07) is 17.5. The Morgan fingerprint density at radius 3 is 1.55 bits per heavy atom. The molecule has 0 saturated heterocycles. The smallest absolute Gasteiger partial charge is 0.0237 e. The van der Waals surface area contributed by atoms with Crippen LogP contribution in [0.5, 0.6) is 0 Å². The van der Waals surface area contributed by atoms with Crippen molar-refractivity contribution in [1.82, 2.24) is 4.90 Å². The minimum Gasteiger partial charge on any atom is -0.295 e. The third kappa shape index (κ3) is 14.1. The highest BCUT2D eigenvalue weighted by Gasteiger charge is 2.05. The van der Waals surface area contributed by atoms with Crippen LogP contribution in [0.25, 0.3) is 0 Å². The highest BCUT2D eigenvalue weighted by molar-refractivity contribution is 5.28. The molecule has 164 valence electrons. The Morgan fingerprint density at radius 2 is 1.10 bits per heavy atom. The van der Waals surface area contributed by atoms with Gasteiger partial charge in [-0.2, -0.15) is 0 Å². The Morgan fingerprint density at radius 1 is 0.621 bits per heavy atom. The highest BCUT2D eigenvalue weighted by Crippen LogP contribution is 2.13. The summed E-state index contributed by atoms with van der Waals surface area (Å²) in [7, 11) is 0. The highest BCUT2D eigenvalue weighted by atomic mass is 15.1. The van der Waals surface area contributed by atoms with Crippen LogP contribution in [-0.4, -0.2) is 11.4 Å². The van der Waals surface area contributed by atoms with Crippen LogP contribution in [0.4, 0.5) is 0 Å². The summed E-state index contributed by atoms with van der Waals surface area (Å²) in [5.74, 6) is 0. The van der Waals surface area contributed by atoms with Gasteiger partial charge in [0.1, 0.15) is 0 Å². The minimum atomic E-state index is 1.02. The number of aryl methyl sites for hydroxylation is 2. The van der Waals surface area contributed by atoms with E-state index in [0.717, 1.165) is 19.6 Å². The van der Waals surface area contributed by atoms with Gasteiger partial charge in [-0.3, -0.25) is 4.90 Å². The third-order valence-corrected chi connectivity index (χ3v) is 4.84. The first-order valence-electron chi connectivity index (χ1n) is 11.9. The van der Waals surface area contributed by atoms with Gasteiger partial charge >= 0.3 is 0 Å². The van der Waals surface area contributed by atoms with Crippen molar-refractivity contribution >= 4 is 0 Å². The molecular weight excluding hydrogens is 350 g/mol. The summed E-state index contributed by atoms with van der Waals surface area (Å²) >= 11 is 0. The van der Waals surface area contributed by atoms with E-state index in [1.807, 2.05) is 13.8 Å². The lowest BCUT2D eigenvalue weighted by molar-refractivity contribution is 0.271. The van der Waals surface area contributed by atoms with Gasteiger partial charge in [0.05, 0.1) is 0 Å². The molecule has 2 aromatic carbocycles. The summed E-state index contributed by atoms with van der Waals surface area (Å²) in [4.78, 5) is 2.48. The molecule has 0 heterocycles. The van der Waals surface area contributed by atoms with E-state index in [-0.39, 0.29) is 0 Å². The molecule has 0 aliphatic rings. The van der Waals surface area contributed by atoms with Crippen molar-refractivity contribution in [2.45, 2.75) is 100 Å². The van der Waals surface area contributed by atoms with Crippen LogP contribution >= 0.6 is 0 Å². The van der Waals surface area contributed by atoms with Gasteiger partial charge < -0.3 is 0 Å². The molecule has 0 atom stereocenters. The lowest BCUT2D eigenvalue weighted by Gasteiger charge is -2.21. The van der Waals surface area contributed by atoms with E-state index in [2.05, 4.69) is 88.0 Å². The first kappa shape index (κ1) is 27.4. The van der Waals surface area contributed by atoms with Gasteiger partial charge in [-0.25, -0.2) is 0 Å². The fourth-order valence-electron chi connectivity index (χ4n) is 3.39. The Bertz CT molecular complexity index is 577. The third-order valence-electron chi connectivity index (χ3n) is 4.84. The summed E-state index contributed by atoms with van der Waals surface area (Å²) in [5.41, 5.74) is 5.50. The number of benzene rings is 2. The van der Waals surface area contributed by atoms with Crippen LogP contribution < -0.4 is 0 Å². The van der Waals surface area contributed by atoms with Crippen molar-refractivity contribution < 1.29 is 0 Å².